The van der Waals surface area contributed by atoms with Crippen LogP contribution in [0.3, 0.4) is 0 Å². The maximum atomic E-state index is 12.2. The zero-order chi connectivity index (χ0) is 19.1. The molecule has 7 heteroatoms. The standard InChI is InChI=1S/C20H27N5O2/c1-15-13-18(25-11-4-3-5-12-25)24-20(23-15)22-10-9-21-19(26)16-7-6-8-17(14-16)27-2/h6-8,13-14H,3-5,9-12H2,1-2H3,(H,21,26)(H,22,23,24). The SMILES string of the molecule is COc1cccc(C(=O)NCCNc2nc(C)cc(N3CCCCC3)n2)c1. The summed E-state index contributed by atoms with van der Waals surface area (Å²) in [7, 11) is 1.58. The van der Waals surface area contributed by atoms with E-state index in [1.165, 1.54) is 19.3 Å². The van der Waals surface area contributed by atoms with E-state index in [0.29, 0.717) is 30.4 Å². The molecule has 1 aliphatic rings. The number of hydrogen-bond acceptors (Lipinski definition) is 6. The highest BCUT2D eigenvalue weighted by molar-refractivity contribution is 5.94. The van der Waals surface area contributed by atoms with Crippen molar-refractivity contribution < 1.29 is 9.53 Å². The van der Waals surface area contributed by atoms with Crippen molar-refractivity contribution in [3.8, 4) is 5.75 Å². The molecule has 27 heavy (non-hydrogen) atoms. The molecule has 0 bridgehead atoms. The van der Waals surface area contributed by atoms with Crippen molar-refractivity contribution in [2.75, 3.05) is 43.5 Å². The fourth-order valence-corrected chi connectivity index (χ4v) is 3.13. The number of aryl methyl sites for hydroxylation is 1. The van der Waals surface area contributed by atoms with Crippen molar-refractivity contribution >= 4 is 17.7 Å². The lowest BCUT2D eigenvalue weighted by Gasteiger charge is -2.28. The number of methoxy groups -OCH3 is 1. The summed E-state index contributed by atoms with van der Waals surface area (Å²) < 4.78 is 5.15. The maximum absolute atomic E-state index is 12.2. The van der Waals surface area contributed by atoms with Gasteiger partial charge in [-0.2, -0.15) is 4.98 Å². The second-order valence-electron chi connectivity index (χ2n) is 6.65. The minimum atomic E-state index is -0.130. The molecule has 0 saturated carbocycles. The Labute approximate surface area is 160 Å². The molecule has 1 amide bonds. The van der Waals surface area contributed by atoms with E-state index in [2.05, 4.69) is 25.5 Å². The summed E-state index contributed by atoms with van der Waals surface area (Å²) in [6.07, 6.45) is 3.71. The Morgan fingerprint density at radius 1 is 1.15 bits per heavy atom. The molecule has 0 atom stereocenters. The number of amides is 1. The number of hydrogen-bond donors (Lipinski definition) is 2. The van der Waals surface area contributed by atoms with Crippen molar-refractivity contribution in [1.82, 2.24) is 15.3 Å². The molecule has 1 aromatic carbocycles. The Hall–Kier alpha value is -2.83. The van der Waals surface area contributed by atoms with E-state index >= 15 is 0 Å². The largest absolute Gasteiger partial charge is 0.497 e. The normalized spacial score (nSPS) is 13.9. The Morgan fingerprint density at radius 3 is 2.74 bits per heavy atom. The first-order chi connectivity index (χ1) is 13.2. The van der Waals surface area contributed by atoms with Gasteiger partial charge in [-0.1, -0.05) is 6.07 Å². The molecule has 3 rings (SSSR count). The van der Waals surface area contributed by atoms with Gasteiger partial charge in [0.1, 0.15) is 11.6 Å². The molecule has 1 saturated heterocycles. The van der Waals surface area contributed by atoms with E-state index in [4.69, 9.17) is 4.74 Å². The van der Waals surface area contributed by atoms with Gasteiger partial charge in [-0.05, 0) is 44.4 Å². The molecular weight excluding hydrogens is 342 g/mol. The highest BCUT2D eigenvalue weighted by Crippen LogP contribution is 2.19. The molecule has 1 aliphatic heterocycles. The molecule has 0 unspecified atom stereocenters. The number of nitrogens with zero attached hydrogens (tertiary/aromatic N) is 3. The van der Waals surface area contributed by atoms with Gasteiger partial charge >= 0.3 is 0 Å². The molecule has 2 heterocycles. The molecule has 144 valence electrons. The monoisotopic (exact) mass is 369 g/mol. The first-order valence-electron chi connectivity index (χ1n) is 9.42. The summed E-state index contributed by atoms with van der Waals surface area (Å²) in [5.41, 5.74) is 1.52. The van der Waals surface area contributed by atoms with Crippen molar-refractivity contribution in [2.24, 2.45) is 0 Å². The Bertz CT molecular complexity index is 775. The van der Waals surface area contributed by atoms with Gasteiger partial charge in [-0.15, -0.1) is 0 Å². The first kappa shape index (κ1) is 18.9. The van der Waals surface area contributed by atoms with Gasteiger partial charge in [0.25, 0.3) is 5.91 Å². The minimum Gasteiger partial charge on any atom is -0.497 e. The smallest absolute Gasteiger partial charge is 0.251 e. The van der Waals surface area contributed by atoms with Crippen LogP contribution in [0.1, 0.15) is 35.3 Å². The average Bonchev–Trinajstić information content (AvgIpc) is 2.71. The van der Waals surface area contributed by atoms with E-state index in [1.54, 1.807) is 25.3 Å². The van der Waals surface area contributed by atoms with Crippen LogP contribution in [0.25, 0.3) is 0 Å². The Kier molecular flexibility index (Phi) is 6.46. The topological polar surface area (TPSA) is 79.4 Å². The molecule has 2 aromatic rings. The third-order valence-corrected chi connectivity index (χ3v) is 4.55. The summed E-state index contributed by atoms with van der Waals surface area (Å²) in [6.45, 7) is 5.11. The van der Waals surface area contributed by atoms with E-state index in [-0.39, 0.29) is 5.91 Å². The quantitative estimate of drug-likeness (QED) is 0.731. The molecule has 0 aliphatic carbocycles. The third kappa shape index (κ3) is 5.32. The van der Waals surface area contributed by atoms with Crippen molar-refractivity contribution in [3.63, 3.8) is 0 Å². The number of carbonyl (C=O) groups excluding carboxylic acids is 1. The van der Waals surface area contributed by atoms with Crippen molar-refractivity contribution in [1.29, 1.82) is 0 Å². The zero-order valence-corrected chi connectivity index (χ0v) is 16.0. The van der Waals surface area contributed by atoms with Crippen LogP contribution in [0.15, 0.2) is 30.3 Å². The van der Waals surface area contributed by atoms with Gasteiger partial charge in [0.05, 0.1) is 7.11 Å². The van der Waals surface area contributed by atoms with Gasteiger partial charge in [0.2, 0.25) is 5.95 Å². The molecule has 0 radical (unpaired) electrons. The maximum Gasteiger partial charge on any atom is 0.251 e. The number of aromatic nitrogens is 2. The van der Waals surface area contributed by atoms with Crippen molar-refractivity contribution in [3.05, 3.63) is 41.6 Å². The summed E-state index contributed by atoms with van der Waals surface area (Å²) >= 11 is 0. The van der Waals surface area contributed by atoms with Crippen LogP contribution >= 0.6 is 0 Å². The zero-order valence-electron chi connectivity index (χ0n) is 16.0. The second kappa shape index (κ2) is 9.21. The predicted molar refractivity (Wildman–Crippen MR) is 107 cm³/mol. The highest BCUT2D eigenvalue weighted by Gasteiger charge is 2.14. The number of ether oxygens (including phenoxy) is 1. The van der Waals surface area contributed by atoms with Crippen LogP contribution in [0.5, 0.6) is 5.75 Å². The van der Waals surface area contributed by atoms with Gasteiger partial charge in [0.15, 0.2) is 0 Å². The molecule has 2 N–H and O–H groups in total. The van der Waals surface area contributed by atoms with E-state index in [1.807, 2.05) is 19.1 Å². The van der Waals surface area contributed by atoms with E-state index in [9.17, 15) is 4.79 Å². The summed E-state index contributed by atoms with van der Waals surface area (Å²) in [4.78, 5) is 23.6. The number of nitrogens with one attached hydrogen (secondary N) is 2. The Balaban J connectivity index is 1.51. The van der Waals surface area contributed by atoms with Crippen LogP contribution in [0, 0.1) is 6.92 Å². The summed E-state index contributed by atoms with van der Waals surface area (Å²) in [5, 5.41) is 6.10. The minimum absolute atomic E-state index is 0.130. The van der Waals surface area contributed by atoms with Crippen LogP contribution in [-0.4, -0.2) is 49.2 Å². The van der Waals surface area contributed by atoms with Crippen LogP contribution in [0.4, 0.5) is 11.8 Å². The fraction of sp³-hybridized carbons (Fsp3) is 0.450. The summed E-state index contributed by atoms with van der Waals surface area (Å²) in [6, 6.07) is 9.13. The lowest BCUT2D eigenvalue weighted by molar-refractivity contribution is 0.0955. The molecule has 1 fully saturated rings. The molecule has 7 nitrogen and oxygen atoms in total. The molecular formula is C20H27N5O2. The predicted octanol–water partition coefficient (Wildman–Crippen LogP) is 2.63. The Morgan fingerprint density at radius 2 is 1.96 bits per heavy atom. The van der Waals surface area contributed by atoms with Gasteiger partial charge in [-0.25, -0.2) is 4.98 Å². The number of piperidine rings is 1. The highest BCUT2D eigenvalue weighted by atomic mass is 16.5. The lowest BCUT2D eigenvalue weighted by Crippen LogP contribution is -2.31. The van der Waals surface area contributed by atoms with Gasteiger partial charge in [0, 0.05) is 43.5 Å². The first-order valence-corrected chi connectivity index (χ1v) is 9.42. The van der Waals surface area contributed by atoms with Crippen LogP contribution in [0.2, 0.25) is 0 Å². The number of carbonyl (C=O) groups is 1. The summed E-state index contributed by atoms with van der Waals surface area (Å²) in [5.74, 6) is 2.12. The van der Waals surface area contributed by atoms with Gasteiger partial charge in [-0.3, -0.25) is 4.79 Å². The average molecular weight is 369 g/mol. The van der Waals surface area contributed by atoms with Gasteiger partial charge < -0.3 is 20.3 Å². The second-order valence-corrected chi connectivity index (χ2v) is 6.65. The molecule has 0 spiro atoms. The van der Waals surface area contributed by atoms with Crippen LogP contribution in [-0.2, 0) is 0 Å². The number of anilines is 2. The van der Waals surface area contributed by atoms with Crippen LogP contribution < -0.4 is 20.3 Å². The third-order valence-electron chi connectivity index (χ3n) is 4.55. The number of benzene rings is 1. The lowest BCUT2D eigenvalue weighted by atomic mass is 10.1. The van der Waals surface area contributed by atoms with E-state index < -0.39 is 0 Å². The number of rotatable bonds is 7. The van der Waals surface area contributed by atoms with E-state index in [0.717, 1.165) is 24.6 Å². The van der Waals surface area contributed by atoms with Crippen molar-refractivity contribution in [2.45, 2.75) is 26.2 Å². The fourth-order valence-electron chi connectivity index (χ4n) is 3.13. The molecule has 1 aromatic heterocycles.